The number of hydrogen-bond acceptors (Lipinski definition) is 4. The molecule has 0 N–H and O–H groups in total. The summed E-state index contributed by atoms with van der Waals surface area (Å²) in [7, 11) is 1.98. The molecule has 2 heterocycles. The van der Waals surface area contributed by atoms with E-state index in [-0.39, 0.29) is 6.09 Å². The quantitative estimate of drug-likeness (QED) is 0.696. The fourth-order valence-corrected chi connectivity index (χ4v) is 2.12. The lowest BCUT2D eigenvalue weighted by atomic mass is 10.0. The molecule has 1 aliphatic rings. The maximum absolute atomic E-state index is 12.0. The summed E-state index contributed by atoms with van der Waals surface area (Å²) in [4.78, 5) is 20.3. The minimum atomic E-state index is -0.435. The van der Waals surface area contributed by atoms with Gasteiger partial charge in [0.1, 0.15) is 5.60 Å². The molecule has 1 aliphatic heterocycles. The average Bonchev–Trinajstić information content (AvgIpc) is 2.38. The van der Waals surface area contributed by atoms with Gasteiger partial charge in [-0.3, -0.25) is 4.98 Å². The van der Waals surface area contributed by atoms with Crippen molar-refractivity contribution in [3.05, 3.63) is 18.3 Å². The van der Waals surface area contributed by atoms with Gasteiger partial charge in [-0.2, -0.15) is 0 Å². The summed E-state index contributed by atoms with van der Waals surface area (Å²) in [6.07, 6.45) is 1.66. The fraction of sp³-hybridized carbons (Fsp3) is 0.571. The molecule has 108 valence electrons. The van der Waals surface area contributed by atoms with Gasteiger partial charge in [0, 0.05) is 32.4 Å². The Balaban J connectivity index is 1.89. The molecule has 1 amide bonds. The predicted molar refractivity (Wildman–Crippen MR) is 82.4 cm³/mol. The topological polar surface area (TPSA) is 45.7 Å². The van der Waals surface area contributed by atoms with Crippen molar-refractivity contribution in [1.29, 1.82) is 0 Å². The Morgan fingerprint density at radius 2 is 1.90 bits per heavy atom. The van der Waals surface area contributed by atoms with E-state index in [1.54, 1.807) is 4.90 Å². The van der Waals surface area contributed by atoms with Crippen LogP contribution in [0.25, 0.3) is 0 Å². The average molecular weight is 275 g/mol. The number of ether oxygens (including phenoxy) is 1. The summed E-state index contributed by atoms with van der Waals surface area (Å²) in [5.74, 6) is 0. The number of carbonyl (C=O) groups excluding carboxylic acids is 1. The molecule has 0 aromatic carbocycles. The lowest BCUT2D eigenvalue weighted by Gasteiger charge is -2.36. The summed E-state index contributed by atoms with van der Waals surface area (Å²) in [5, 5.41) is 0. The molecule has 1 aromatic heterocycles. The van der Waals surface area contributed by atoms with Crippen molar-refractivity contribution in [1.82, 2.24) is 9.88 Å². The first-order valence-corrected chi connectivity index (χ1v) is 7.01. The smallest absolute Gasteiger partial charge is 0.410 e. The van der Waals surface area contributed by atoms with Crippen LogP contribution in [0.4, 0.5) is 10.5 Å². The van der Waals surface area contributed by atoms with Crippen LogP contribution in [0, 0.1) is 0 Å². The van der Waals surface area contributed by atoms with Gasteiger partial charge in [0.15, 0.2) is 7.85 Å². The standard InChI is InChI=1S/C14H22BN3O2/c1-14(2,3)20-13(19)18-8-6-17(7-9-18)11-4-5-12(15)16-10-11/h4-5,10H,6-9,15H2,1-3H3. The van der Waals surface area contributed by atoms with Crippen LogP contribution in [-0.2, 0) is 4.74 Å². The van der Waals surface area contributed by atoms with E-state index in [1.165, 1.54) is 0 Å². The highest BCUT2D eigenvalue weighted by atomic mass is 16.6. The third-order valence-electron chi connectivity index (χ3n) is 3.19. The molecule has 2 rings (SSSR count). The van der Waals surface area contributed by atoms with E-state index in [0.29, 0.717) is 13.1 Å². The molecule has 1 fully saturated rings. The third kappa shape index (κ3) is 3.89. The fourth-order valence-electron chi connectivity index (χ4n) is 2.12. The number of aromatic nitrogens is 1. The van der Waals surface area contributed by atoms with Gasteiger partial charge in [-0.25, -0.2) is 4.79 Å². The van der Waals surface area contributed by atoms with Crippen LogP contribution in [0.1, 0.15) is 20.8 Å². The van der Waals surface area contributed by atoms with E-state index >= 15 is 0 Å². The number of anilines is 1. The molecule has 0 radical (unpaired) electrons. The SMILES string of the molecule is Bc1ccc(N2CCN(C(=O)OC(C)(C)C)CC2)cn1. The van der Waals surface area contributed by atoms with Gasteiger partial charge in [0.05, 0.1) is 5.69 Å². The number of pyridine rings is 1. The molecule has 6 heteroatoms. The van der Waals surface area contributed by atoms with Crippen molar-refractivity contribution in [3.63, 3.8) is 0 Å². The summed E-state index contributed by atoms with van der Waals surface area (Å²) in [5.41, 5.74) is 1.69. The molecule has 5 nitrogen and oxygen atoms in total. The van der Waals surface area contributed by atoms with Crippen LogP contribution >= 0.6 is 0 Å². The minimum absolute atomic E-state index is 0.223. The molecule has 20 heavy (non-hydrogen) atoms. The van der Waals surface area contributed by atoms with Crippen LogP contribution in [0.5, 0.6) is 0 Å². The zero-order chi connectivity index (χ0) is 14.8. The predicted octanol–water partition coefficient (Wildman–Crippen LogP) is 0.397. The number of nitrogens with zero attached hydrogens (tertiary/aromatic N) is 3. The zero-order valence-corrected chi connectivity index (χ0v) is 12.7. The van der Waals surface area contributed by atoms with Gasteiger partial charge in [-0.15, -0.1) is 0 Å². The Morgan fingerprint density at radius 1 is 1.25 bits per heavy atom. The first-order valence-electron chi connectivity index (χ1n) is 7.01. The molecule has 1 aromatic rings. The number of carbonyl (C=O) groups is 1. The largest absolute Gasteiger partial charge is 0.444 e. The molecule has 1 saturated heterocycles. The van der Waals surface area contributed by atoms with E-state index in [0.717, 1.165) is 24.4 Å². The molecule has 0 unspecified atom stereocenters. The Morgan fingerprint density at radius 3 is 2.40 bits per heavy atom. The summed E-state index contributed by atoms with van der Waals surface area (Å²) in [6, 6.07) is 4.08. The Hall–Kier alpha value is -1.72. The van der Waals surface area contributed by atoms with Crippen molar-refractivity contribution in [2.24, 2.45) is 0 Å². The second kappa shape index (κ2) is 5.73. The van der Waals surface area contributed by atoms with Crippen LogP contribution in [0.3, 0.4) is 0 Å². The Labute approximate surface area is 121 Å². The molecular formula is C14H22BN3O2. The minimum Gasteiger partial charge on any atom is -0.444 e. The third-order valence-corrected chi connectivity index (χ3v) is 3.19. The van der Waals surface area contributed by atoms with Gasteiger partial charge in [0.2, 0.25) is 0 Å². The van der Waals surface area contributed by atoms with Crippen LogP contribution < -0.4 is 10.5 Å². The van der Waals surface area contributed by atoms with Crippen LogP contribution in [-0.4, -0.2) is 55.6 Å². The lowest BCUT2D eigenvalue weighted by molar-refractivity contribution is 0.0240. The van der Waals surface area contributed by atoms with Crippen LogP contribution in [0.15, 0.2) is 18.3 Å². The lowest BCUT2D eigenvalue weighted by Crippen LogP contribution is -2.50. The highest BCUT2D eigenvalue weighted by Gasteiger charge is 2.25. The first-order chi connectivity index (χ1) is 9.35. The van der Waals surface area contributed by atoms with Crippen molar-refractivity contribution in [2.75, 3.05) is 31.1 Å². The second-order valence-corrected chi connectivity index (χ2v) is 6.11. The van der Waals surface area contributed by atoms with Gasteiger partial charge in [-0.05, 0) is 38.5 Å². The Kier molecular flexibility index (Phi) is 4.21. The van der Waals surface area contributed by atoms with Crippen molar-refractivity contribution < 1.29 is 9.53 Å². The molecule has 0 atom stereocenters. The van der Waals surface area contributed by atoms with Crippen molar-refractivity contribution in [3.8, 4) is 0 Å². The van der Waals surface area contributed by atoms with E-state index in [1.807, 2.05) is 40.9 Å². The monoisotopic (exact) mass is 275 g/mol. The van der Waals surface area contributed by atoms with E-state index in [2.05, 4.69) is 16.0 Å². The summed E-state index contributed by atoms with van der Waals surface area (Å²) >= 11 is 0. The second-order valence-electron chi connectivity index (χ2n) is 6.11. The molecular weight excluding hydrogens is 253 g/mol. The number of amides is 1. The maximum atomic E-state index is 12.0. The summed E-state index contributed by atoms with van der Waals surface area (Å²) in [6.45, 7) is 8.65. The van der Waals surface area contributed by atoms with Crippen molar-refractivity contribution >= 4 is 25.2 Å². The van der Waals surface area contributed by atoms with Gasteiger partial charge < -0.3 is 14.5 Å². The van der Waals surface area contributed by atoms with E-state index in [4.69, 9.17) is 4.74 Å². The molecule has 0 aliphatic carbocycles. The number of rotatable bonds is 1. The first kappa shape index (κ1) is 14.7. The van der Waals surface area contributed by atoms with Crippen molar-refractivity contribution in [2.45, 2.75) is 26.4 Å². The molecule has 0 saturated carbocycles. The number of piperazine rings is 1. The van der Waals surface area contributed by atoms with Gasteiger partial charge in [0.25, 0.3) is 0 Å². The Bertz CT molecular complexity index is 462. The van der Waals surface area contributed by atoms with E-state index < -0.39 is 5.60 Å². The number of hydrogen-bond donors (Lipinski definition) is 0. The van der Waals surface area contributed by atoms with Crippen LogP contribution in [0.2, 0.25) is 0 Å². The highest BCUT2D eigenvalue weighted by Crippen LogP contribution is 2.16. The molecule has 0 spiro atoms. The molecule has 0 bridgehead atoms. The van der Waals surface area contributed by atoms with E-state index in [9.17, 15) is 4.79 Å². The highest BCUT2D eigenvalue weighted by molar-refractivity contribution is 6.30. The zero-order valence-electron chi connectivity index (χ0n) is 12.7. The maximum Gasteiger partial charge on any atom is 0.410 e. The normalized spacial score (nSPS) is 16.1. The summed E-state index contributed by atoms with van der Waals surface area (Å²) < 4.78 is 5.39. The van der Waals surface area contributed by atoms with Gasteiger partial charge >= 0.3 is 6.09 Å². The van der Waals surface area contributed by atoms with Gasteiger partial charge in [-0.1, -0.05) is 0 Å².